The Kier molecular flexibility index (Phi) is 3.98. The predicted molar refractivity (Wildman–Crippen MR) is 25.6 cm³/mol. The highest BCUT2D eigenvalue weighted by Crippen LogP contribution is 1.75. The van der Waals surface area contributed by atoms with Gasteiger partial charge in [0.1, 0.15) is 6.23 Å². The van der Waals surface area contributed by atoms with E-state index in [-0.39, 0.29) is 6.61 Å². The normalized spacial score (nSPS) is 14.1. The van der Waals surface area contributed by atoms with Gasteiger partial charge >= 0.3 is 0 Å². The van der Waals surface area contributed by atoms with Gasteiger partial charge in [-0.3, -0.25) is 0 Å². The summed E-state index contributed by atoms with van der Waals surface area (Å²) >= 11 is 0. The van der Waals surface area contributed by atoms with E-state index in [1.165, 1.54) is 0 Å². The summed E-state index contributed by atoms with van der Waals surface area (Å²) in [5, 5.41) is 8.23. The summed E-state index contributed by atoms with van der Waals surface area (Å²) in [5.74, 6) is 0. The van der Waals surface area contributed by atoms with Crippen molar-refractivity contribution < 1.29 is 9.84 Å². The van der Waals surface area contributed by atoms with Crippen LogP contribution in [0.1, 0.15) is 6.92 Å². The van der Waals surface area contributed by atoms with Crippen LogP contribution >= 0.6 is 0 Å². The van der Waals surface area contributed by atoms with Crippen molar-refractivity contribution in [1.29, 1.82) is 0 Å². The van der Waals surface area contributed by atoms with Crippen molar-refractivity contribution in [3.8, 4) is 0 Å². The van der Waals surface area contributed by atoms with E-state index < -0.39 is 6.23 Å². The molecule has 0 fully saturated rings. The van der Waals surface area contributed by atoms with Crippen LogP contribution in [0, 0.1) is 0 Å². The number of aliphatic hydroxyl groups excluding tert-OH is 1. The second-order valence-electron chi connectivity index (χ2n) is 1.18. The van der Waals surface area contributed by atoms with Gasteiger partial charge in [0.2, 0.25) is 0 Å². The fraction of sp³-hybridized carbons (Fsp3) is 1.00. The number of nitrogens with one attached hydrogen (secondary N) is 1. The minimum absolute atomic E-state index is 0.122. The molecule has 1 radical (unpaired) electrons. The third-order valence-electron chi connectivity index (χ3n) is 0.480. The zero-order valence-electron chi connectivity index (χ0n) is 4.35. The molecule has 0 saturated heterocycles. The molecule has 1 unspecified atom stereocenters. The molecule has 0 aliphatic heterocycles. The van der Waals surface area contributed by atoms with Gasteiger partial charge in [0.15, 0.2) is 0 Å². The molecule has 0 saturated carbocycles. The van der Waals surface area contributed by atoms with Gasteiger partial charge in [0.25, 0.3) is 0 Å². The van der Waals surface area contributed by atoms with Crippen molar-refractivity contribution in [2.24, 2.45) is 0 Å². The molecule has 0 heterocycles. The van der Waals surface area contributed by atoms with Crippen LogP contribution in [0.4, 0.5) is 0 Å². The lowest BCUT2D eigenvalue weighted by molar-refractivity contribution is 0.0421. The van der Waals surface area contributed by atoms with Crippen LogP contribution in [-0.4, -0.2) is 24.5 Å². The Morgan fingerprint density at radius 3 is 2.57 bits per heavy atom. The van der Waals surface area contributed by atoms with Crippen molar-refractivity contribution in [2.45, 2.75) is 13.2 Å². The molecule has 0 aromatic rings. The van der Waals surface area contributed by atoms with Gasteiger partial charge in [-0.05, 0) is 6.92 Å². The highest BCUT2D eigenvalue weighted by molar-refractivity contribution is 4.34. The molecular weight excluding hydrogens is 94.0 g/mol. The van der Waals surface area contributed by atoms with E-state index in [1.807, 2.05) is 6.92 Å². The van der Waals surface area contributed by atoms with Gasteiger partial charge in [-0.25, -0.2) is 5.73 Å². The summed E-state index contributed by atoms with van der Waals surface area (Å²) in [6.45, 7) is 2.51. The summed E-state index contributed by atoms with van der Waals surface area (Å²) in [6.07, 6.45) is -1.07. The Morgan fingerprint density at radius 1 is 1.86 bits per heavy atom. The summed E-state index contributed by atoms with van der Waals surface area (Å²) in [5.41, 5.74) is 6.51. The quantitative estimate of drug-likeness (QED) is 0.530. The molecule has 0 aromatic heterocycles. The molecule has 0 aromatic carbocycles. The molecule has 0 rings (SSSR count). The van der Waals surface area contributed by atoms with E-state index in [0.717, 1.165) is 0 Å². The first-order valence-corrected chi connectivity index (χ1v) is 2.24. The highest BCUT2D eigenvalue weighted by atomic mass is 16.5. The third kappa shape index (κ3) is 5.88. The third-order valence-corrected chi connectivity index (χ3v) is 0.480. The minimum Gasteiger partial charge on any atom is -0.378 e. The van der Waals surface area contributed by atoms with Gasteiger partial charge in [0.05, 0.1) is 6.61 Å². The lowest BCUT2D eigenvalue weighted by Gasteiger charge is -2.00. The van der Waals surface area contributed by atoms with Crippen LogP contribution in [0.3, 0.4) is 0 Å². The molecule has 0 bridgehead atoms. The number of aliphatic hydroxyl groups is 1. The Hall–Kier alpha value is -0.120. The zero-order chi connectivity index (χ0) is 5.70. The molecule has 3 nitrogen and oxygen atoms in total. The molecule has 43 valence electrons. The van der Waals surface area contributed by atoms with Crippen molar-refractivity contribution in [2.75, 3.05) is 13.2 Å². The topological polar surface area (TPSA) is 53.3 Å². The Labute approximate surface area is 43.1 Å². The Bertz CT molecular complexity index is 38.7. The van der Waals surface area contributed by atoms with Gasteiger partial charge in [-0.15, -0.1) is 0 Å². The Balaban J connectivity index is 2.68. The maximum atomic E-state index is 8.23. The van der Waals surface area contributed by atoms with E-state index in [9.17, 15) is 0 Å². The number of hydrogen-bond donors (Lipinski definition) is 1. The number of rotatable bonds is 3. The van der Waals surface area contributed by atoms with Crippen LogP contribution < -0.4 is 5.73 Å². The average Bonchev–Trinajstić information content (AvgIpc) is 1.61. The molecule has 1 atom stereocenters. The van der Waals surface area contributed by atoms with Crippen LogP contribution in [0.5, 0.6) is 0 Å². The standard InChI is InChI=1S/C4H10NO2/c1-2-7-3-4(5)6/h4-6H,2-3H2,1H3. The van der Waals surface area contributed by atoms with Crippen molar-refractivity contribution >= 4 is 0 Å². The molecule has 0 aliphatic rings. The summed E-state index contributed by atoms with van der Waals surface area (Å²) in [7, 11) is 0. The van der Waals surface area contributed by atoms with E-state index in [2.05, 4.69) is 4.74 Å². The first kappa shape index (κ1) is 6.88. The molecule has 2 N–H and O–H groups in total. The van der Waals surface area contributed by atoms with Gasteiger partial charge < -0.3 is 9.84 Å². The maximum absolute atomic E-state index is 8.23. The summed E-state index contributed by atoms with van der Waals surface area (Å²) < 4.78 is 4.66. The van der Waals surface area contributed by atoms with Crippen molar-refractivity contribution in [3.05, 3.63) is 0 Å². The van der Waals surface area contributed by atoms with Crippen molar-refractivity contribution in [3.63, 3.8) is 0 Å². The first-order valence-electron chi connectivity index (χ1n) is 2.24. The molecule has 0 amide bonds. The molecule has 0 spiro atoms. The molecule has 7 heavy (non-hydrogen) atoms. The van der Waals surface area contributed by atoms with Crippen molar-refractivity contribution in [1.82, 2.24) is 5.73 Å². The van der Waals surface area contributed by atoms with Gasteiger partial charge in [0, 0.05) is 6.61 Å². The van der Waals surface area contributed by atoms with E-state index >= 15 is 0 Å². The zero-order valence-corrected chi connectivity index (χ0v) is 4.35. The SMILES string of the molecule is CCOCC([NH])O. The predicted octanol–water partition coefficient (Wildman–Crippen LogP) is -0.376. The van der Waals surface area contributed by atoms with Gasteiger partial charge in [-0.2, -0.15) is 0 Å². The van der Waals surface area contributed by atoms with Crippen LogP contribution in [-0.2, 0) is 4.74 Å². The maximum Gasteiger partial charge on any atom is 0.140 e. The summed E-state index contributed by atoms with van der Waals surface area (Å²) in [6, 6.07) is 0. The summed E-state index contributed by atoms with van der Waals surface area (Å²) in [4.78, 5) is 0. The fourth-order valence-electron chi connectivity index (χ4n) is 0.229. The molecule has 3 heteroatoms. The smallest absolute Gasteiger partial charge is 0.140 e. The number of ether oxygens (including phenoxy) is 1. The van der Waals surface area contributed by atoms with E-state index in [1.54, 1.807) is 0 Å². The Morgan fingerprint density at radius 2 is 2.43 bits per heavy atom. The monoisotopic (exact) mass is 104 g/mol. The van der Waals surface area contributed by atoms with Crippen LogP contribution in [0.25, 0.3) is 0 Å². The lowest BCUT2D eigenvalue weighted by atomic mass is 10.6. The molecule has 0 aliphatic carbocycles. The molecular formula is C4H10NO2. The highest BCUT2D eigenvalue weighted by Gasteiger charge is 1.91. The van der Waals surface area contributed by atoms with E-state index in [0.29, 0.717) is 6.61 Å². The van der Waals surface area contributed by atoms with Crippen LogP contribution in [0.15, 0.2) is 0 Å². The second-order valence-corrected chi connectivity index (χ2v) is 1.18. The minimum atomic E-state index is -1.07. The van der Waals surface area contributed by atoms with Gasteiger partial charge in [-0.1, -0.05) is 0 Å². The largest absolute Gasteiger partial charge is 0.378 e. The van der Waals surface area contributed by atoms with Crippen LogP contribution in [0.2, 0.25) is 0 Å². The average molecular weight is 104 g/mol. The first-order chi connectivity index (χ1) is 3.27. The number of hydrogen-bond acceptors (Lipinski definition) is 2. The second kappa shape index (κ2) is 4.05. The van der Waals surface area contributed by atoms with E-state index in [4.69, 9.17) is 10.8 Å². The fourth-order valence-corrected chi connectivity index (χ4v) is 0.229. The lowest BCUT2D eigenvalue weighted by Crippen LogP contribution is -2.15.